The summed E-state index contributed by atoms with van der Waals surface area (Å²) >= 11 is 5.70. The number of rotatable bonds is 12. The van der Waals surface area contributed by atoms with Crippen molar-refractivity contribution in [2.45, 2.75) is 64.2 Å². The fourth-order valence-corrected chi connectivity index (χ4v) is 7.66. The lowest BCUT2D eigenvalue weighted by Gasteiger charge is -2.34. The molecule has 3 fully saturated rings. The number of aromatic nitrogens is 1. The topological polar surface area (TPSA) is 163 Å². The Morgan fingerprint density at radius 2 is 1.76 bits per heavy atom. The summed E-state index contributed by atoms with van der Waals surface area (Å²) in [6.45, 7) is 11.2. The third-order valence-corrected chi connectivity index (χ3v) is 10.7. The van der Waals surface area contributed by atoms with Gasteiger partial charge < -0.3 is 20.3 Å². The molecular formula is C40H44F3N9O5S. The van der Waals surface area contributed by atoms with E-state index < -0.39 is 34.8 Å². The van der Waals surface area contributed by atoms with Gasteiger partial charge in [0.2, 0.25) is 23.6 Å². The van der Waals surface area contributed by atoms with Crippen LogP contribution in [0.1, 0.15) is 63.1 Å². The number of anilines is 4. The Labute approximate surface area is 339 Å². The second-order valence-electron chi connectivity index (χ2n) is 15.1. The summed E-state index contributed by atoms with van der Waals surface area (Å²) in [5.74, 6) is -0.979. The third-order valence-electron chi connectivity index (χ3n) is 10.3. The molecule has 4 amide bonds. The van der Waals surface area contributed by atoms with Gasteiger partial charge in [0.1, 0.15) is 18.2 Å². The Morgan fingerprint density at radius 1 is 1.05 bits per heavy atom. The highest BCUT2D eigenvalue weighted by Gasteiger charge is 2.51. The molecule has 3 saturated heterocycles. The summed E-state index contributed by atoms with van der Waals surface area (Å²) in [6, 6.07) is 13.0. The van der Waals surface area contributed by atoms with E-state index in [2.05, 4.69) is 30.7 Å². The number of carbonyl (C=O) groups is 4. The van der Waals surface area contributed by atoms with Gasteiger partial charge in [0, 0.05) is 56.1 Å². The van der Waals surface area contributed by atoms with Crippen LogP contribution in [0.25, 0.3) is 0 Å². The maximum Gasteiger partial charge on any atom is 0.417 e. The molecule has 2 aromatic carbocycles. The van der Waals surface area contributed by atoms with Gasteiger partial charge >= 0.3 is 6.18 Å². The van der Waals surface area contributed by atoms with Gasteiger partial charge in [-0.05, 0) is 80.9 Å². The van der Waals surface area contributed by atoms with E-state index in [1.807, 2.05) is 19.9 Å². The van der Waals surface area contributed by atoms with E-state index in [0.29, 0.717) is 55.6 Å². The van der Waals surface area contributed by atoms with Crippen LogP contribution in [0.5, 0.6) is 5.88 Å². The Bertz CT molecular complexity index is 2150. The van der Waals surface area contributed by atoms with Gasteiger partial charge in [0.05, 0.1) is 41.3 Å². The number of nitrogens with zero attached hydrogens (tertiary/aromatic N) is 6. The van der Waals surface area contributed by atoms with E-state index in [9.17, 15) is 37.6 Å². The first-order chi connectivity index (χ1) is 27.5. The number of hydrogen-bond donors (Lipinski definition) is 3. The van der Waals surface area contributed by atoms with Crippen molar-refractivity contribution in [3.8, 4) is 11.9 Å². The van der Waals surface area contributed by atoms with Crippen LogP contribution in [0.2, 0.25) is 0 Å². The summed E-state index contributed by atoms with van der Waals surface area (Å²) in [5.41, 5.74) is -0.597. The zero-order valence-electron chi connectivity index (χ0n) is 32.5. The molecular weight excluding hydrogens is 776 g/mol. The first-order valence-electron chi connectivity index (χ1n) is 18.8. The Morgan fingerprint density at radius 3 is 2.43 bits per heavy atom. The quantitative estimate of drug-likeness (QED) is 0.168. The first-order valence-corrected chi connectivity index (χ1v) is 19.2. The van der Waals surface area contributed by atoms with Gasteiger partial charge in [-0.2, -0.15) is 18.4 Å². The third kappa shape index (κ3) is 9.22. The number of pyridine rings is 1. The molecule has 0 aliphatic carbocycles. The summed E-state index contributed by atoms with van der Waals surface area (Å²) in [6.07, 6.45) is -2.62. The van der Waals surface area contributed by atoms with Crippen molar-refractivity contribution in [1.29, 1.82) is 5.26 Å². The van der Waals surface area contributed by atoms with Crippen LogP contribution < -0.4 is 30.5 Å². The molecule has 4 heterocycles. The molecule has 3 aliphatic rings. The van der Waals surface area contributed by atoms with Gasteiger partial charge in [-0.15, -0.1) is 0 Å². The maximum absolute atomic E-state index is 13.8. The fraction of sp³-hybridized carbons (Fsp3) is 0.425. The van der Waals surface area contributed by atoms with Crippen LogP contribution in [0.4, 0.5) is 35.9 Å². The van der Waals surface area contributed by atoms with Gasteiger partial charge in [0.15, 0.2) is 5.11 Å². The Balaban J connectivity index is 1.01. The maximum atomic E-state index is 13.8. The molecule has 58 heavy (non-hydrogen) atoms. The molecule has 3 N–H and O–H groups in total. The second kappa shape index (κ2) is 17.1. The average molecular weight is 820 g/mol. The van der Waals surface area contributed by atoms with Crippen LogP contribution in [0.15, 0.2) is 54.7 Å². The monoisotopic (exact) mass is 819 g/mol. The molecule has 1 unspecified atom stereocenters. The van der Waals surface area contributed by atoms with Gasteiger partial charge in [-0.1, -0.05) is 19.9 Å². The molecule has 14 nitrogen and oxygen atoms in total. The normalized spacial score (nSPS) is 19.0. The van der Waals surface area contributed by atoms with Crippen LogP contribution >= 0.6 is 12.2 Å². The smallest absolute Gasteiger partial charge is 0.417 e. The van der Waals surface area contributed by atoms with Crippen molar-refractivity contribution >= 4 is 63.7 Å². The number of thiocarbonyl (C=S) groups is 1. The minimum Gasteiger partial charge on any atom is -0.476 e. The molecule has 0 spiro atoms. The number of piperidine rings is 1. The van der Waals surface area contributed by atoms with Crippen LogP contribution in [-0.4, -0.2) is 101 Å². The molecule has 1 atom stereocenters. The van der Waals surface area contributed by atoms with Crippen molar-refractivity contribution in [3.05, 3.63) is 71.4 Å². The SMILES string of the molecule is CC(C)c1cc(N2C(=S)N(c3ccc(C#N)c(C(F)(F)F)c3)C(=O)C2(C)C)cnc1OCCN1CCN(CC(=O)Nc2cccc(NC3CCC(=O)NC3=O)c2)CC1. The van der Waals surface area contributed by atoms with E-state index in [1.165, 1.54) is 12.3 Å². The van der Waals surface area contributed by atoms with E-state index in [-0.39, 0.29) is 47.4 Å². The molecule has 0 radical (unpaired) electrons. The van der Waals surface area contributed by atoms with Crippen LogP contribution in [-0.2, 0) is 25.4 Å². The number of halogens is 3. The summed E-state index contributed by atoms with van der Waals surface area (Å²) in [5, 5.41) is 17.6. The number of ether oxygens (including phenoxy) is 1. The molecule has 18 heteroatoms. The van der Waals surface area contributed by atoms with E-state index in [1.54, 1.807) is 49.1 Å². The number of hydrogen-bond acceptors (Lipinski definition) is 11. The number of amides is 4. The lowest BCUT2D eigenvalue weighted by atomic mass is 10.0. The zero-order valence-corrected chi connectivity index (χ0v) is 33.3. The molecule has 0 bridgehead atoms. The highest BCUT2D eigenvalue weighted by Crippen LogP contribution is 2.41. The largest absolute Gasteiger partial charge is 0.476 e. The van der Waals surface area contributed by atoms with Gasteiger partial charge in [-0.25, -0.2) is 4.98 Å². The first kappa shape index (κ1) is 42.0. The molecule has 3 aliphatic heterocycles. The molecule has 0 saturated carbocycles. The highest BCUT2D eigenvalue weighted by atomic mass is 32.1. The minimum absolute atomic E-state index is 0.0248. The van der Waals surface area contributed by atoms with E-state index in [0.717, 1.165) is 35.7 Å². The van der Waals surface area contributed by atoms with Crippen molar-refractivity contribution in [1.82, 2.24) is 20.1 Å². The fourth-order valence-electron chi connectivity index (χ4n) is 7.14. The average Bonchev–Trinajstić information content (AvgIpc) is 3.34. The van der Waals surface area contributed by atoms with Crippen LogP contribution in [0, 0.1) is 11.3 Å². The summed E-state index contributed by atoms with van der Waals surface area (Å²) in [7, 11) is 0. The number of nitrogens with one attached hydrogen (secondary N) is 3. The van der Waals surface area contributed by atoms with E-state index in [4.69, 9.17) is 17.0 Å². The highest BCUT2D eigenvalue weighted by molar-refractivity contribution is 7.81. The Hall–Kier alpha value is -5.64. The lowest BCUT2D eigenvalue weighted by molar-refractivity contribution is -0.138. The predicted molar refractivity (Wildman–Crippen MR) is 214 cm³/mol. The number of alkyl halides is 3. The minimum atomic E-state index is -4.81. The Kier molecular flexibility index (Phi) is 12.4. The number of piperazine rings is 1. The van der Waals surface area contributed by atoms with Crippen molar-refractivity contribution in [2.75, 3.05) is 66.3 Å². The molecule has 306 valence electrons. The van der Waals surface area contributed by atoms with Crippen LogP contribution in [0.3, 0.4) is 0 Å². The zero-order chi connectivity index (χ0) is 41.9. The van der Waals surface area contributed by atoms with Gasteiger partial charge in [0.25, 0.3) is 5.91 Å². The molecule has 6 rings (SSSR count). The standard InChI is InChI=1S/C40H44F3N9O5S/c1-24(2)30-19-29(52-38(58)51(37(56)39(52,3)4)28-9-8-25(21-44)31(20-28)40(41,42)43)22-45-36(30)57-17-16-49-12-14-50(15-13-49)23-34(54)47-27-7-5-6-26(18-27)46-32-10-11-33(53)48-35(32)55/h5-9,18-20,22,24,32,46H,10-17,23H2,1-4H3,(H,47,54)(H,48,53,55). The number of imide groups is 1. The second-order valence-corrected chi connectivity index (χ2v) is 15.5. The lowest BCUT2D eigenvalue weighted by Crippen LogP contribution is -2.49. The number of carbonyl (C=O) groups excluding carboxylic acids is 4. The number of nitriles is 1. The predicted octanol–water partition coefficient (Wildman–Crippen LogP) is 4.86. The van der Waals surface area contributed by atoms with Crippen molar-refractivity contribution in [3.63, 3.8) is 0 Å². The number of benzene rings is 2. The van der Waals surface area contributed by atoms with Crippen molar-refractivity contribution in [2.24, 2.45) is 0 Å². The molecule has 3 aromatic rings. The summed E-state index contributed by atoms with van der Waals surface area (Å²) in [4.78, 5) is 61.7. The van der Waals surface area contributed by atoms with Gasteiger partial charge in [-0.3, -0.25) is 39.2 Å². The summed E-state index contributed by atoms with van der Waals surface area (Å²) < 4.78 is 47.5. The van der Waals surface area contributed by atoms with Crippen molar-refractivity contribution < 1.29 is 37.1 Å². The molecule has 1 aromatic heterocycles. The van der Waals surface area contributed by atoms with E-state index >= 15 is 0 Å².